The summed E-state index contributed by atoms with van der Waals surface area (Å²) in [6, 6.07) is 0.366. The van der Waals surface area contributed by atoms with Crippen LogP contribution in [-0.2, 0) is 4.74 Å². The van der Waals surface area contributed by atoms with Crippen molar-refractivity contribution in [2.24, 2.45) is 5.92 Å². The highest BCUT2D eigenvalue weighted by atomic mass is 16.5. The monoisotopic (exact) mass is 226 g/mol. The maximum atomic E-state index is 5.36. The zero-order chi connectivity index (χ0) is 12.4. The van der Waals surface area contributed by atoms with Crippen molar-refractivity contribution < 1.29 is 4.74 Å². The molecule has 0 fully saturated rings. The molecule has 0 saturated heterocycles. The number of terminal acetylenes is 1. The number of hydrogen-bond acceptors (Lipinski definition) is 3. The van der Waals surface area contributed by atoms with Gasteiger partial charge in [0.2, 0.25) is 0 Å². The zero-order valence-corrected chi connectivity index (χ0v) is 11.1. The van der Waals surface area contributed by atoms with E-state index in [0.717, 1.165) is 26.2 Å². The third kappa shape index (κ3) is 6.84. The van der Waals surface area contributed by atoms with Crippen LogP contribution in [0.2, 0.25) is 0 Å². The van der Waals surface area contributed by atoms with Crippen LogP contribution >= 0.6 is 0 Å². The standard InChI is InChI=1S/C13H26N2O/c1-6-8-15(7-2)13(11-16-5)10-14-9-12(3)4/h1,12-14H,7-11H2,2-5H3. The second kappa shape index (κ2) is 9.65. The fourth-order valence-electron chi connectivity index (χ4n) is 1.64. The molecule has 3 nitrogen and oxygen atoms in total. The lowest BCUT2D eigenvalue weighted by Gasteiger charge is -2.29. The van der Waals surface area contributed by atoms with Crippen LogP contribution in [0.5, 0.6) is 0 Å². The highest BCUT2D eigenvalue weighted by molar-refractivity contribution is 4.90. The summed E-state index contributed by atoms with van der Waals surface area (Å²) in [5, 5.41) is 3.45. The molecular formula is C13H26N2O. The highest BCUT2D eigenvalue weighted by Gasteiger charge is 2.15. The Morgan fingerprint density at radius 1 is 1.38 bits per heavy atom. The van der Waals surface area contributed by atoms with Gasteiger partial charge in [0.05, 0.1) is 13.2 Å². The highest BCUT2D eigenvalue weighted by Crippen LogP contribution is 1.99. The van der Waals surface area contributed by atoms with Gasteiger partial charge in [-0.15, -0.1) is 6.42 Å². The maximum Gasteiger partial charge on any atom is 0.0630 e. The van der Waals surface area contributed by atoms with Gasteiger partial charge in [0, 0.05) is 19.7 Å². The van der Waals surface area contributed by atoms with Crippen LogP contribution < -0.4 is 5.32 Å². The van der Waals surface area contributed by atoms with E-state index in [1.165, 1.54) is 0 Å². The zero-order valence-electron chi connectivity index (χ0n) is 11.1. The van der Waals surface area contributed by atoms with E-state index >= 15 is 0 Å². The van der Waals surface area contributed by atoms with Crippen LogP contribution in [-0.4, -0.2) is 50.8 Å². The van der Waals surface area contributed by atoms with Crippen molar-refractivity contribution in [3.8, 4) is 12.3 Å². The predicted octanol–water partition coefficient (Wildman–Crippen LogP) is 1.20. The third-order valence-electron chi connectivity index (χ3n) is 2.51. The average molecular weight is 226 g/mol. The van der Waals surface area contributed by atoms with Gasteiger partial charge in [0.1, 0.15) is 0 Å². The molecule has 1 atom stereocenters. The molecule has 1 N–H and O–H groups in total. The van der Waals surface area contributed by atoms with Crippen molar-refractivity contribution in [2.75, 3.05) is 39.9 Å². The molecule has 0 amide bonds. The lowest BCUT2D eigenvalue weighted by atomic mass is 10.2. The van der Waals surface area contributed by atoms with Crippen LogP contribution in [0.3, 0.4) is 0 Å². The smallest absolute Gasteiger partial charge is 0.0630 e. The van der Waals surface area contributed by atoms with E-state index < -0.39 is 0 Å². The summed E-state index contributed by atoms with van der Waals surface area (Å²) in [4.78, 5) is 2.26. The van der Waals surface area contributed by atoms with Crippen molar-refractivity contribution in [1.29, 1.82) is 0 Å². The Hall–Kier alpha value is -0.560. The quantitative estimate of drug-likeness (QED) is 0.598. The fourth-order valence-corrected chi connectivity index (χ4v) is 1.64. The molecular weight excluding hydrogens is 200 g/mol. The normalized spacial score (nSPS) is 13.1. The lowest BCUT2D eigenvalue weighted by molar-refractivity contribution is 0.100. The Morgan fingerprint density at radius 3 is 2.50 bits per heavy atom. The van der Waals surface area contributed by atoms with Crippen molar-refractivity contribution in [3.63, 3.8) is 0 Å². The van der Waals surface area contributed by atoms with Gasteiger partial charge in [-0.25, -0.2) is 0 Å². The number of hydrogen-bond donors (Lipinski definition) is 1. The van der Waals surface area contributed by atoms with Gasteiger partial charge in [-0.2, -0.15) is 0 Å². The number of likely N-dealkylation sites (N-methyl/N-ethyl adjacent to an activating group) is 1. The first-order valence-electron chi connectivity index (χ1n) is 6.02. The Balaban J connectivity index is 4.07. The van der Waals surface area contributed by atoms with E-state index in [1.54, 1.807) is 7.11 Å². The number of ether oxygens (including phenoxy) is 1. The van der Waals surface area contributed by atoms with Gasteiger partial charge < -0.3 is 10.1 Å². The molecule has 0 aromatic heterocycles. The molecule has 0 aliphatic carbocycles. The maximum absolute atomic E-state index is 5.36. The third-order valence-corrected chi connectivity index (χ3v) is 2.51. The van der Waals surface area contributed by atoms with Gasteiger partial charge in [-0.1, -0.05) is 26.7 Å². The Morgan fingerprint density at radius 2 is 2.06 bits per heavy atom. The SMILES string of the molecule is C#CCN(CC)C(CNCC(C)C)COC. The topological polar surface area (TPSA) is 24.5 Å². The molecule has 0 aromatic carbocycles. The van der Waals surface area contributed by atoms with Crippen molar-refractivity contribution in [1.82, 2.24) is 10.2 Å². The predicted molar refractivity (Wildman–Crippen MR) is 69.5 cm³/mol. The summed E-state index contributed by atoms with van der Waals surface area (Å²) in [5.74, 6) is 3.37. The molecule has 0 radical (unpaired) electrons. The first-order valence-corrected chi connectivity index (χ1v) is 6.02. The van der Waals surface area contributed by atoms with E-state index in [2.05, 4.69) is 36.9 Å². The largest absolute Gasteiger partial charge is 0.383 e. The minimum absolute atomic E-state index is 0.366. The molecule has 16 heavy (non-hydrogen) atoms. The Bertz CT molecular complexity index is 199. The van der Waals surface area contributed by atoms with E-state index in [-0.39, 0.29) is 0 Å². The fraction of sp³-hybridized carbons (Fsp3) is 0.846. The van der Waals surface area contributed by atoms with Gasteiger partial charge in [-0.05, 0) is 19.0 Å². The molecule has 0 saturated carbocycles. The van der Waals surface area contributed by atoms with Crippen molar-refractivity contribution in [2.45, 2.75) is 26.8 Å². The van der Waals surface area contributed by atoms with Gasteiger partial charge in [0.15, 0.2) is 0 Å². The molecule has 1 unspecified atom stereocenters. The van der Waals surface area contributed by atoms with Crippen LogP contribution in [0, 0.1) is 18.3 Å². The van der Waals surface area contributed by atoms with Crippen LogP contribution in [0.1, 0.15) is 20.8 Å². The number of nitrogens with one attached hydrogen (secondary N) is 1. The molecule has 0 bridgehead atoms. The second-order valence-corrected chi connectivity index (χ2v) is 4.43. The average Bonchev–Trinajstić information content (AvgIpc) is 2.24. The molecule has 94 valence electrons. The Kier molecular flexibility index (Phi) is 9.31. The molecule has 0 aliphatic heterocycles. The summed E-state index contributed by atoms with van der Waals surface area (Å²) in [6.07, 6.45) is 5.36. The van der Waals surface area contributed by atoms with Gasteiger partial charge in [-0.3, -0.25) is 4.90 Å². The van der Waals surface area contributed by atoms with Gasteiger partial charge >= 0.3 is 0 Å². The summed E-state index contributed by atoms with van der Waals surface area (Å²) < 4.78 is 5.24. The second-order valence-electron chi connectivity index (χ2n) is 4.43. The molecule has 0 heterocycles. The van der Waals surface area contributed by atoms with E-state index in [1.807, 2.05) is 0 Å². The minimum atomic E-state index is 0.366. The first kappa shape index (κ1) is 15.4. The van der Waals surface area contributed by atoms with E-state index in [0.29, 0.717) is 18.5 Å². The van der Waals surface area contributed by atoms with Crippen LogP contribution in [0.4, 0.5) is 0 Å². The molecule has 0 rings (SSSR count). The number of nitrogens with zero attached hydrogens (tertiary/aromatic N) is 1. The van der Waals surface area contributed by atoms with E-state index in [4.69, 9.17) is 11.2 Å². The Labute approximate surface area is 101 Å². The molecule has 0 aromatic rings. The van der Waals surface area contributed by atoms with Crippen molar-refractivity contribution >= 4 is 0 Å². The summed E-state index contributed by atoms with van der Waals surface area (Å²) in [6.45, 7) is 10.9. The summed E-state index contributed by atoms with van der Waals surface area (Å²) in [5.41, 5.74) is 0. The first-order chi connectivity index (χ1) is 7.65. The minimum Gasteiger partial charge on any atom is -0.383 e. The van der Waals surface area contributed by atoms with Crippen LogP contribution in [0.15, 0.2) is 0 Å². The number of rotatable bonds is 9. The summed E-state index contributed by atoms with van der Waals surface area (Å²) in [7, 11) is 1.74. The van der Waals surface area contributed by atoms with Crippen molar-refractivity contribution in [3.05, 3.63) is 0 Å². The lowest BCUT2D eigenvalue weighted by Crippen LogP contribution is -2.45. The molecule has 0 aliphatic rings. The molecule has 3 heteroatoms. The molecule has 0 spiro atoms. The van der Waals surface area contributed by atoms with Gasteiger partial charge in [0.25, 0.3) is 0 Å². The number of methoxy groups -OCH3 is 1. The van der Waals surface area contributed by atoms with Crippen LogP contribution in [0.25, 0.3) is 0 Å². The summed E-state index contributed by atoms with van der Waals surface area (Å²) >= 11 is 0. The van der Waals surface area contributed by atoms with E-state index in [9.17, 15) is 0 Å².